The first-order valence-corrected chi connectivity index (χ1v) is 7.30. The summed E-state index contributed by atoms with van der Waals surface area (Å²) in [6.45, 7) is 6.44. The first kappa shape index (κ1) is 14.0. The molecule has 1 aromatic heterocycles. The Hall–Kier alpha value is -1.39. The van der Waals surface area contributed by atoms with E-state index in [0.29, 0.717) is 12.5 Å². The standard InChI is InChI=1S/C15H19NO2S/c1-10(2)15-16-12(9-19-15)8-18-14-7-5-4-6-13(14)11(3)17/h4-7,9-11,17H,8H2,1-3H3. The summed E-state index contributed by atoms with van der Waals surface area (Å²) in [6, 6.07) is 7.55. The Kier molecular flexibility index (Phi) is 4.56. The van der Waals surface area contributed by atoms with Crippen molar-refractivity contribution in [1.82, 2.24) is 4.98 Å². The van der Waals surface area contributed by atoms with Gasteiger partial charge in [0.05, 0.1) is 16.8 Å². The molecule has 0 bridgehead atoms. The van der Waals surface area contributed by atoms with Gasteiger partial charge in [0, 0.05) is 16.9 Å². The molecule has 1 N–H and O–H groups in total. The van der Waals surface area contributed by atoms with Crippen LogP contribution >= 0.6 is 11.3 Å². The van der Waals surface area contributed by atoms with Crippen molar-refractivity contribution in [3.63, 3.8) is 0 Å². The van der Waals surface area contributed by atoms with Crippen molar-refractivity contribution in [1.29, 1.82) is 0 Å². The fraction of sp³-hybridized carbons (Fsp3) is 0.400. The number of aliphatic hydroxyl groups is 1. The molecule has 0 aliphatic rings. The van der Waals surface area contributed by atoms with Crippen LogP contribution in [-0.4, -0.2) is 10.1 Å². The van der Waals surface area contributed by atoms with Gasteiger partial charge in [-0.3, -0.25) is 0 Å². The van der Waals surface area contributed by atoms with E-state index in [1.165, 1.54) is 0 Å². The lowest BCUT2D eigenvalue weighted by Gasteiger charge is -2.12. The number of hydrogen-bond acceptors (Lipinski definition) is 4. The van der Waals surface area contributed by atoms with E-state index in [9.17, 15) is 5.11 Å². The van der Waals surface area contributed by atoms with E-state index >= 15 is 0 Å². The minimum Gasteiger partial charge on any atom is -0.487 e. The van der Waals surface area contributed by atoms with Gasteiger partial charge in [-0.1, -0.05) is 32.0 Å². The molecule has 1 heterocycles. The molecule has 0 fully saturated rings. The molecule has 19 heavy (non-hydrogen) atoms. The second-order valence-corrected chi connectivity index (χ2v) is 5.72. The zero-order valence-corrected chi connectivity index (χ0v) is 12.3. The molecule has 3 nitrogen and oxygen atoms in total. The van der Waals surface area contributed by atoms with Crippen LogP contribution in [0.4, 0.5) is 0 Å². The lowest BCUT2D eigenvalue weighted by Crippen LogP contribution is -2.01. The molecule has 0 saturated carbocycles. The normalized spacial score (nSPS) is 12.7. The number of benzene rings is 1. The second-order valence-electron chi connectivity index (χ2n) is 4.83. The van der Waals surface area contributed by atoms with Gasteiger partial charge in [0.15, 0.2) is 0 Å². The van der Waals surface area contributed by atoms with Crippen molar-refractivity contribution in [3.05, 3.63) is 45.9 Å². The quantitative estimate of drug-likeness (QED) is 0.901. The maximum absolute atomic E-state index is 9.69. The predicted molar refractivity (Wildman–Crippen MR) is 77.6 cm³/mol. The monoisotopic (exact) mass is 277 g/mol. The Morgan fingerprint density at radius 3 is 2.63 bits per heavy atom. The molecule has 2 rings (SSSR count). The van der Waals surface area contributed by atoms with Gasteiger partial charge in [0.2, 0.25) is 0 Å². The van der Waals surface area contributed by atoms with Gasteiger partial charge in [-0.15, -0.1) is 11.3 Å². The topological polar surface area (TPSA) is 42.4 Å². The van der Waals surface area contributed by atoms with E-state index in [1.807, 2.05) is 29.6 Å². The van der Waals surface area contributed by atoms with Gasteiger partial charge in [-0.25, -0.2) is 4.98 Å². The SMILES string of the molecule is CC(C)c1nc(COc2ccccc2C(C)O)cs1. The van der Waals surface area contributed by atoms with Crippen molar-refractivity contribution in [3.8, 4) is 5.75 Å². The molecule has 1 atom stereocenters. The third-order valence-corrected chi connectivity index (χ3v) is 4.00. The Morgan fingerprint density at radius 1 is 1.26 bits per heavy atom. The van der Waals surface area contributed by atoms with Crippen LogP contribution in [0.1, 0.15) is 49.1 Å². The molecule has 0 aliphatic carbocycles. The highest BCUT2D eigenvalue weighted by Crippen LogP contribution is 2.26. The lowest BCUT2D eigenvalue weighted by molar-refractivity contribution is 0.190. The highest BCUT2D eigenvalue weighted by Gasteiger charge is 2.10. The van der Waals surface area contributed by atoms with Crippen LogP contribution in [0, 0.1) is 0 Å². The summed E-state index contributed by atoms with van der Waals surface area (Å²) in [7, 11) is 0. The Balaban J connectivity index is 2.06. The average molecular weight is 277 g/mol. The number of nitrogens with zero attached hydrogens (tertiary/aromatic N) is 1. The maximum Gasteiger partial charge on any atom is 0.131 e. The first-order chi connectivity index (χ1) is 9.08. The summed E-state index contributed by atoms with van der Waals surface area (Å²) in [5.74, 6) is 1.17. The van der Waals surface area contributed by atoms with Gasteiger partial charge in [-0.05, 0) is 13.0 Å². The number of hydrogen-bond donors (Lipinski definition) is 1. The molecule has 0 saturated heterocycles. The van der Waals surface area contributed by atoms with Crippen LogP contribution in [0.15, 0.2) is 29.6 Å². The fourth-order valence-electron chi connectivity index (χ4n) is 1.76. The van der Waals surface area contributed by atoms with Gasteiger partial charge in [0.1, 0.15) is 12.4 Å². The fourth-order valence-corrected chi connectivity index (χ4v) is 2.58. The van der Waals surface area contributed by atoms with Crippen LogP contribution < -0.4 is 4.74 Å². The van der Waals surface area contributed by atoms with Crippen molar-refractivity contribution in [2.75, 3.05) is 0 Å². The highest BCUT2D eigenvalue weighted by molar-refractivity contribution is 7.09. The minimum atomic E-state index is -0.530. The second kappa shape index (κ2) is 6.17. The minimum absolute atomic E-state index is 0.437. The number of ether oxygens (including phenoxy) is 1. The summed E-state index contributed by atoms with van der Waals surface area (Å²) < 4.78 is 5.76. The smallest absolute Gasteiger partial charge is 0.131 e. The van der Waals surface area contributed by atoms with Crippen LogP contribution in [0.25, 0.3) is 0 Å². The van der Waals surface area contributed by atoms with Gasteiger partial charge >= 0.3 is 0 Å². The van der Waals surface area contributed by atoms with Crippen molar-refractivity contribution >= 4 is 11.3 Å². The largest absolute Gasteiger partial charge is 0.487 e. The van der Waals surface area contributed by atoms with E-state index in [4.69, 9.17) is 4.74 Å². The van der Waals surface area contributed by atoms with Crippen LogP contribution in [-0.2, 0) is 6.61 Å². The molecule has 0 spiro atoms. The molecule has 4 heteroatoms. The van der Waals surface area contributed by atoms with Gasteiger partial charge in [0.25, 0.3) is 0 Å². The van der Waals surface area contributed by atoms with Crippen molar-refractivity contribution in [2.24, 2.45) is 0 Å². The molecule has 0 amide bonds. The number of para-hydroxylation sites is 1. The van der Waals surface area contributed by atoms with Crippen molar-refractivity contribution < 1.29 is 9.84 Å². The third kappa shape index (κ3) is 3.55. The zero-order chi connectivity index (χ0) is 13.8. The summed E-state index contributed by atoms with van der Waals surface area (Å²) in [6.07, 6.45) is -0.530. The van der Waals surface area contributed by atoms with Crippen LogP contribution in [0.3, 0.4) is 0 Å². The van der Waals surface area contributed by atoms with Crippen molar-refractivity contribution in [2.45, 2.75) is 39.4 Å². The summed E-state index contributed by atoms with van der Waals surface area (Å²) in [4.78, 5) is 4.53. The van der Waals surface area contributed by atoms with E-state index in [2.05, 4.69) is 18.8 Å². The van der Waals surface area contributed by atoms with E-state index < -0.39 is 6.10 Å². The van der Waals surface area contributed by atoms with Gasteiger partial charge < -0.3 is 9.84 Å². The van der Waals surface area contributed by atoms with E-state index in [0.717, 1.165) is 22.0 Å². The van der Waals surface area contributed by atoms with Crippen LogP contribution in [0.5, 0.6) is 5.75 Å². The van der Waals surface area contributed by atoms with E-state index in [-0.39, 0.29) is 0 Å². The molecule has 0 aliphatic heterocycles. The number of aromatic nitrogens is 1. The van der Waals surface area contributed by atoms with E-state index in [1.54, 1.807) is 18.3 Å². The maximum atomic E-state index is 9.69. The lowest BCUT2D eigenvalue weighted by atomic mass is 10.1. The first-order valence-electron chi connectivity index (χ1n) is 6.42. The zero-order valence-electron chi connectivity index (χ0n) is 11.5. The number of thiazole rings is 1. The van der Waals surface area contributed by atoms with Gasteiger partial charge in [-0.2, -0.15) is 0 Å². The Labute approximate surface area is 117 Å². The molecular weight excluding hydrogens is 258 g/mol. The molecule has 1 aromatic carbocycles. The predicted octanol–water partition coefficient (Wildman–Crippen LogP) is 3.90. The third-order valence-electron chi connectivity index (χ3n) is 2.81. The number of rotatable bonds is 5. The Morgan fingerprint density at radius 2 is 2.00 bits per heavy atom. The Bertz CT molecular complexity index is 534. The van der Waals surface area contributed by atoms with Crippen LogP contribution in [0.2, 0.25) is 0 Å². The molecule has 102 valence electrons. The molecule has 1 unspecified atom stereocenters. The summed E-state index contributed by atoms with van der Waals surface area (Å²) >= 11 is 1.66. The molecule has 2 aromatic rings. The highest BCUT2D eigenvalue weighted by atomic mass is 32.1. The summed E-state index contributed by atoms with van der Waals surface area (Å²) in [5.41, 5.74) is 1.75. The molecular formula is C15H19NO2S. The average Bonchev–Trinajstić information content (AvgIpc) is 2.85. The molecule has 0 radical (unpaired) electrons. The number of aliphatic hydroxyl groups excluding tert-OH is 1. The summed E-state index contributed by atoms with van der Waals surface area (Å²) in [5, 5.41) is 12.8.